The summed E-state index contributed by atoms with van der Waals surface area (Å²) in [5.74, 6) is 0.861. The van der Waals surface area contributed by atoms with Crippen molar-refractivity contribution < 1.29 is 0 Å². The van der Waals surface area contributed by atoms with Gasteiger partial charge in [-0.1, -0.05) is 12.2 Å². The van der Waals surface area contributed by atoms with E-state index in [4.69, 9.17) is 12.2 Å². The highest BCUT2D eigenvalue weighted by atomic mass is 79.9. The number of aromatic amines is 1. The highest BCUT2D eigenvalue weighted by Crippen LogP contribution is 2.17. The minimum Gasteiger partial charge on any atom is -0.346 e. The molecule has 2 heterocycles. The second kappa shape index (κ2) is 4.73. The summed E-state index contributed by atoms with van der Waals surface area (Å²) in [5, 5.41) is 3.09. The van der Waals surface area contributed by atoms with E-state index in [1.54, 1.807) is 11.3 Å². The first-order chi connectivity index (χ1) is 7.56. The van der Waals surface area contributed by atoms with Crippen molar-refractivity contribution in [1.29, 1.82) is 0 Å². The highest BCUT2D eigenvalue weighted by Gasteiger charge is 2.05. The van der Waals surface area contributed by atoms with E-state index < -0.39 is 0 Å². The number of aromatic nitrogens is 3. The first-order valence-corrected chi connectivity index (χ1v) is 6.80. The lowest BCUT2D eigenvalue weighted by molar-refractivity contribution is 0.915. The lowest BCUT2D eigenvalue weighted by atomic mass is 10.4. The monoisotopic (exact) mass is 315 g/mol. The Morgan fingerprint density at radius 1 is 1.44 bits per heavy atom. The van der Waals surface area contributed by atoms with Crippen molar-refractivity contribution in [3.8, 4) is 0 Å². The largest absolute Gasteiger partial charge is 0.346 e. The van der Waals surface area contributed by atoms with Gasteiger partial charge in [0.25, 0.3) is 0 Å². The summed E-state index contributed by atoms with van der Waals surface area (Å²) in [6.45, 7) is 3.96. The van der Waals surface area contributed by atoms with Crippen molar-refractivity contribution >= 4 is 39.5 Å². The summed E-state index contributed by atoms with van der Waals surface area (Å²) in [6.07, 6.45) is 0.705. The number of nitrogens with one attached hydrogen (secondary N) is 1. The second-order valence-electron chi connectivity index (χ2n) is 3.49. The predicted octanol–water partition coefficient (Wildman–Crippen LogP) is 3.57. The van der Waals surface area contributed by atoms with Gasteiger partial charge in [0.2, 0.25) is 0 Å². The molecule has 1 N–H and O–H groups in total. The first kappa shape index (κ1) is 11.9. The molecule has 0 amide bonds. The van der Waals surface area contributed by atoms with Crippen molar-refractivity contribution in [2.24, 2.45) is 0 Å². The van der Waals surface area contributed by atoms with Gasteiger partial charge in [-0.25, -0.2) is 9.97 Å². The lowest BCUT2D eigenvalue weighted by Crippen LogP contribution is -1.99. The van der Waals surface area contributed by atoms with Gasteiger partial charge >= 0.3 is 0 Å². The van der Waals surface area contributed by atoms with Gasteiger partial charge in [0, 0.05) is 16.8 Å². The molecule has 84 valence electrons. The fourth-order valence-electron chi connectivity index (χ4n) is 1.34. The average molecular weight is 316 g/mol. The topological polar surface area (TPSA) is 41.6 Å². The summed E-state index contributed by atoms with van der Waals surface area (Å²) in [4.78, 5) is 11.9. The van der Waals surface area contributed by atoms with Gasteiger partial charge in [-0.3, -0.25) is 0 Å². The molecule has 16 heavy (non-hydrogen) atoms. The lowest BCUT2D eigenvalue weighted by Gasteiger charge is -2.02. The number of H-pyrrole nitrogens is 1. The Labute approximate surface area is 111 Å². The molecular weight excluding hydrogens is 306 g/mol. The number of hydrogen-bond acceptors (Lipinski definition) is 4. The van der Waals surface area contributed by atoms with Gasteiger partial charge in [0.1, 0.15) is 15.5 Å². The molecule has 0 radical (unpaired) electrons. The molecule has 2 rings (SSSR count). The van der Waals surface area contributed by atoms with Crippen LogP contribution in [-0.4, -0.2) is 15.0 Å². The zero-order valence-corrected chi connectivity index (χ0v) is 12.1. The van der Waals surface area contributed by atoms with E-state index in [1.165, 1.54) is 0 Å². The van der Waals surface area contributed by atoms with Crippen LogP contribution in [0.4, 0.5) is 0 Å². The van der Waals surface area contributed by atoms with Crippen molar-refractivity contribution in [3.05, 3.63) is 36.7 Å². The molecule has 0 aliphatic rings. The highest BCUT2D eigenvalue weighted by molar-refractivity contribution is 9.10. The molecule has 0 fully saturated rings. The molecule has 0 spiro atoms. The van der Waals surface area contributed by atoms with Crippen LogP contribution in [0.1, 0.15) is 22.2 Å². The zero-order chi connectivity index (χ0) is 11.7. The van der Waals surface area contributed by atoms with E-state index in [2.05, 4.69) is 30.9 Å². The number of thiazole rings is 1. The Bertz CT molecular complexity index is 574. The van der Waals surface area contributed by atoms with Crippen LogP contribution in [0.15, 0.2) is 9.85 Å². The van der Waals surface area contributed by atoms with Crippen LogP contribution in [0.25, 0.3) is 0 Å². The molecule has 0 bridgehead atoms. The maximum absolute atomic E-state index is 5.15. The molecular formula is C10H10BrN3S2. The number of halogens is 1. The van der Waals surface area contributed by atoms with E-state index in [0.717, 1.165) is 26.7 Å². The van der Waals surface area contributed by atoms with Crippen LogP contribution < -0.4 is 0 Å². The number of nitrogens with zero attached hydrogens (tertiary/aromatic N) is 2. The fourth-order valence-corrected chi connectivity index (χ4v) is 2.57. The summed E-state index contributed by atoms with van der Waals surface area (Å²) in [6, 6.07) is 0. The number of aryl methyl sites for hydroxylation is 2. The van der Waals surface area contributed by atoms with Gasteiger partial charge in [0.15, 0.2) is 0 Å². The van der Waals surface area contributed by atoms with Gasteiger partial charge in [-0.05, 0) is 29.8 Å². The maximum atomic E-state index is 5.15. The standard InChI is InChI=1S/C10H10BrN3S2/c1-5-4-16-8(12-5)3-7-13-6(2)9(11)10(15)14-7/h4H,3H2,1-2H3,(H,13,14,15). The third kappa shape index (κ3) is 2.56. The molecule has 6 heteroatoms. The SMILES string of the molecule is Cc1csc(Cc2nc(=S)c(Br)c(C)[nH]2)n1. The molecule has 2 aromatic rings. The van der Waals surface area contributed by atoms with Crippen LogP contribution in [0, 0.1) is 18.5 Å². The van der Waals surface area contributed by atoms with Gasteiger partial charge in [0.05, 0.1) is 10.9 Å². The quantitative estimate of drug-likeness (QED) is 0.861. The zero-order valence-electron chi connectivity index (χ0n) is 8.87. The third-order valence-electron chi connectivity index (χ3n) is 2.07. The molecule has 0 atom stereocenters. The summed E-state index contributed by atoms with van der Waals surface area (Å²) in [5.41, 5.74) is 2.05. The van der Waals surface area contributed by atoms with Crippen LogP contribution in [0.2, 0.25) is 0 Å². The molecule has 0 aromatic carbocycles. The van der Waals surface area contributed by atoms with E-state index in [-0.39, 0.29) is 0 Å². The normalized spacial score (nSPS) is 10.7. The number of hydrogen-bond donors (Lipinski definition) is 1. The summed E-state index contributed by atoms with van der Waals surface area (Å²) >= 11 is 10.2. The Balaban J connectivity index is 2.32. The predicted molar refractivity (Wildman–Crippen MR) is 71.5 cm³/mol. The second-order valence-corrected chi connectivity index (χ2v) is 5.61. The molecule has 0 aliphatic heterocycles. The Morgan fingerprint density at radius 3 is 2.75 bits per heavy atom. The van der Waals surface area contributed by atoms with E-state index in [9.17, 15) is 0 Å². The molecule has 3 nitrogen and oxygen atoms in total. The van der Waals surface area contributed by atoms with Crippen molar-refractivity contribution in [2.75, 3.05) is 0 Å². The van der Waals surface area contributed by atoms with Crippen LogP contribution in [-0.2, 0) is 6.42 Å². The Hall–Kier alpha value is -0.590. The molecule has 0 saturated carbocycles. The summed E-state index contributed by atoms with van der Waals surface area (Å²) in [7, 11) is 0. The smallest absolute Gasteiger partial charge is 0.144 e. The first-order valence-electron chi connectivity index (χ1n) is 4.72. The van der Waals surface area contributed by atoms with E-state index >= 15 is 0 Å². The van der Waals surface area contributed by atoms with Crippen molar-refractivity contribution in [3.63, 3.8) is 0 Å². The van der Waals surface area contributed by atoms with Gasteiger partial charge in [-0.15, -0.1) is 11.3 Å². The molecule has 0 saturated heterocycles. The molecule has 0 aliphatic carbocycles. The minimum atomic E-state index is 0.597. The van der Waals surface area contributed by atoms with Crippen molar-refractivity contribution in [1.82, 2.24) is 15.0 Å². The third-order valence-corrected chi connectivity index (χ3v) is 4.57. The van der Waals surface area contributed by atoms with E-state index in [0.29, 0.717) is 11.1 Å². The van der Waals surface area contributed by atoms with Crippen LogP contribution in [0.5, 0.6) is 0 Å². The molecule has 0 unspecified atom stereocenters. The summed E-state index contributed by atoms with van der Waals surface area (Å²) < 4.78 is 1.46. The van der Waals surface area contributed by atoms with Gasteiger partial charge < -0.3 is 4.98 Å². The fraction of sp³-hybridized carbons (Fsp3) is 0.300. The van der Waals surface area contributed by atoms with E-state index in [1.807, 2.05) is 19.2 Å². The van der Waals surface area contributed by atoms with Crippen LogP contribution >= 0.6 is 39.5 Å². The van der Waals surface area contributed by atoms with Crippen LogP contribution in [0.3, 0.4) is 0 Å². The number of rotatable bonds is 2. The Morgan fingerprint density at radius 2 is 2.19 bits per heavy atom. The Kier molecular flexibility index (Phi) is 3.51. The van der Waals surface area contributed by atoms with Crippen molar-refractivity contribution in [2.45, 2.75) is 20.3 Å². The minimum absolute atomic E-state index is 0.597. The average Bonchev–Trinajstić information content (AvgIpc) is 2.60. The molecule has 2 aromatic heterocycles. The maximum Gasteiger partial charge on any atom is 0.144 e. The van der Waals surface area contributed by atoms with Gasteiger partial charge in [-0.2, -0.15) is 0 Å².